The lowest BCUT2D eigenvalue weighted by Crippen LogP contribution is -2.29. The Kier molecular flexibility index (Phi) is 4.24. The molecule has 1 aromatic heterocycles. The van der Waals surface area contributed by atoms with Crippen molar-refractivity contribution in [3.8, 4) is 0 Å². The summed E-state index contributed by atoms with van der Waals surface area (Å²) in [6.45, 7) is 2.46. The van der Waals surface area contributed by atoms with Crippen molar-refractivity contribution in [2.75, 3.05) is 6.54 Å². The maximum absolute atomic E-state index is 12.4. The van der Waals surface area contributed by atoms with E-state index in [1.807, 2.05) is 18.2 Å². The SMILES string of the molecule is Cc1noc(C2CCCN2C(=O)/C=C/c2ccccc2Cl)n1. The van der Waals surface area contributed by atoms with Crippen LogP contribution in [0.3, 0.4) is 0 Å². The lowest BCUT2D eigenvalue weighted by atomic mass is 10.2. The summed E-state index contributed by atoms with van der Waals surface area (Å²) in [7, 11) is 0. The van der Waals surface area contributed by atoms with Crippen molar-refractivity contribution < 1.29 is 9.32 Å². The van der Waals surface area contributed by atoms with Gasteiger partial charge < -0.3 is 9.42 Å². The second-order valence-corrected chi connectivity index (χ2v) is 5.63. The fourth-order valence-electron chi connectivity index (χ4n) is 2.60. The highest BCUT2D eigenvalue weighted by molar-refractivity contribution is 6.32. The van der Waals surface area contributed by atoms with Gasteiger partial charge in [-0.2, -0.15) is 4.98 Å². The van der Waals surface area contributed by atoms with Crippen LogP contribution in [-0.2, 0) is 4.79 Å². The van der Waals surface area contributed by atoms with E-state index < -0.39 is 0 Å². The van der Waals surface area contributed by atoms with Crippen LogP contribution in [0.15, 0.2) is 34.9 Å². The number of carbonyl (C=O) groups is 1. The largest absolute Gasteiger partial charge is 0.337 e. The Bertz CT molecular complexity index is 711. The minimum atomic E-state index is -0.135. The lowest BCUT2D eigenvalue weighted by Gasteiger charge is -2.20. The topological polar surface area (TPSA) is 59.2 Å². The zero-order valence-electron chi connectivity index (χ0n) is 12.2. The molecule has 2 aromatic rings. The maximum atomic E-state index is 12.4. The molecule has 0 N–H and O–H groups in total. The minimum absolute atomic E-state index is 0.0710. The number of hydrogen-bond acceptors (Lipinski definition) is 4. The number of aryl methyl sites for hydroxylation is 1. The van der Waals surface area contributed by atoms with Crippen LogP contribution in [0.4, 0.5) is 0 Å². The lowest BCUT2D eigenvalue weighted by molar-refractivity contribution is -0.127. The molecular weight excluding hydrogens is 302 g/mol. The Labute approximate surface area is 133 Å². The summed E-state index contributed by atoms with van der Waals surface area (Å²) >= 11 is 6.09. The third-order valence-electron chi connectivity index (χ3n) is 3.67. The summed E-state index contributed by atoms with van der Waals surface area (Å²) < 4.78 is 5.21. The Morgan fingerprint density at radius 3 is 3.00 bits per heavy atom. The summed E-state index contributed by atoms with van der Waals surface area (Å²) in [5.41, 5.74) is 0.821. The van der Waals surface area contributed by atoms with Crippen LogP contribution in [-0.4, -0.2) is 27.5 Å². The second-order valence-electron chi connectivity index (χ2n) is 5.22. The molecular formula is C16H16ClN3O2. The van der Waals surface area contributed by atoms with E-state index in [-0.39, 0.29) is 11.9 Å². The molecule has 1 aliphatic heterocycles. The van der Waals surface area contributed by atoms with Gasteiger partial charge in [-0.25, -0.2) is 0 Å². The number of likely N-dealkylation sites (tertiary alicyclic amines) is 1. The number of rotatable bonds is 3. The molecule has 1 unspecified atom stereocenters. The van der Waals surface area contributed by atoms with E-state index in [2.05, 4.69) is 10.1 Å². The highest BCUT2D eigenvalue weighted by Gasteiger charge is 2.32. The molecule has 0 saturated carbocycles. The van der Waals surface area contributed by atoms with Crippen molar-refractivity contribution in [2.24, 2.45) is 0 Å². The van der Waals surface area contributed by atoms with Gasteiger partial charge in [0.2, 0.25) is 11.8 Å². The molecule has 1 fully saturated rings. The van der Waals surface area contributed by atoms with E-state index in [1.54, 1.807) is 30.0 Å². The van der Waals surface area contributed by atoms with Crippen molar-refractivity contribution in [1.29, 1.82) is 0 Å². The van der Waals surface area contributed by atoms with Crippen LogP contribution < -0.4 is 0 Å². The molecule has 114 valence electrons. The quantitative estimate of drug-likeness (QED) is 0.814. The summed E-state index contributed by atoms with van der Waals surface area (Å²) in [6, 6.07) is 7.27. The van der Waals surface area contributed by atoms with Gasteiger partial charge in [-0.05, 0) is 37.5 Å². The first-order valence-electron chi connectivity index (χ1n) is 7.18. The zero-order valence-corrected chi connectivity index (χ0v) is 13.0. The third kappa shape index (κ3) is 3.04. The normalized spacial score (nSPS) is 18.3. The molecule has 1 saturated heterocycles. The number of hydrogen-bond donors (Lipinski definition) is 0. The van der Waals surface area contributed by atoms with Gasteiger partial charge in [0, 0.05) is 17.6 Å². The van der Waals surface area contributed by atoms with Crippen molar-refractivity contribution >= 4 is 23.6 Å². The molecule has 6 heteroatoms. The van der Waals surface area contributed by atoms with Gasteiger partial charge in [-0.3, -0.25) is 4.79 Å². The van der Waals surface area contributed by atoms with E-state index in [4.69, 9.17) is 16.1 Å². The molecule has 0 spiro atoms. The van der Waals surface area contributed by atoms with Gasteiger partial charge in [0.1, 0.15) is 6.04 Å². The first kappa shape index (κ1) is 14.8. The summed E-state index contributed by atoms with van der Waals surface area (Å²) in [5.74, 6) is 1.02. The highest BCUT2D eigenvalue weighted by Crippen LogP contribution is 2.31. The van der Waals surface area contributed by atoms with E-state index in [9.17, 15) is 4.79 Å². The molecule has 2 heterocycles. The fraction of sp³-hybridized carbons (Fsp3) is 0.312. The van der Waals surface area contributed by atoms with E-state index in [0.717, 1.165) is 18.4 Å². The van der Waals surface area contributed by atoms with E-state index >= 15 is 0 Å². The molecule has 1 aromatic carbocycles. The predicted molar refractivity (Wildman–Crippen MR) is 83.2 cm³/mol. The molecule has 5 nitrogen and oxygen atoms in total. The average Bonchev–Trinajstić information content (AvgIpc) is 3.14. The molecule has 22 heavy (non-hydrogen) atoms. The molecule has 0 radical (unpaired) electrons. The van der Waals surface area contributed by atoms with E-state index in [1.165, 1.54) is 0 Å². The van der Waals surface area contributed by atoms with Gasteiger partial charge in [-0.15, -0.1) is 0 Å². The van der Waals surface area contributed by atoms with Crippen LogP contribution >= 0.6 is 11.6 Å². The minimum Gasteiger partial charge on any atom is -0.337 e. The zero-order chi connectivity index (χ0) is 15.5. The van der Waals surface area contributed by atoms with Crippen LogP contribution in [0.25, 0.3) is 6.08 Å². The molecule has 1 amide bonds. The number of amides is 1. The van der Waals surface area contributed by atoms with Gasteiger partial charge in [0.05, 0.1) is 0 Å². The molecule has 0 aliphatic carbocycles. The summed E-state index contributed by atoms with van der Waals surface area (Å²) in [5, 5.41) is 4.42. The Morgan fingerprint density at radius 2 is 2.27 bits per heavy atom. The van der Waals surface area contributed by atoms with Crippen molar-refractivity contribution in [1.82, 2.24) is 15.0 Å². The van der Waals surface area contributed by atoms with Crippen molar-refractivity contribution in [3.63, 3.8) is 0 Å². The maximum Gasteiger partial charge on any atom is 0.249 e. The Balaban J connectivity index is 1.75. The Hall–Kier alpha value is -2.14. The van der Waals surface area contributed by atoms with Crippen molar-refractivity contribution in [3.05, 3.63) is 52.6 Å². The van der Waals surface area contributed by atoms with Crippen molar-refractivity contribution in [2.45, 2.75) is 25.8 Å². The standard InChI is InChI=1S/C16H16ClN3O2/c1-11-18-16(22-19-11)14-7-4-10-20(14)15(21)9-8-12-5-2-3-6-13(12)17/h2-3,5-6,8-9,14H,4,7,10H2,1H3/b9-8+. The van der Waals surface area contributed by atoms with Crippen LogP contribution in [0, 0.1) is 6.92 Å². The first-order valence-corrected chi connectivity index (χ1v) is 7.56. The smallest absolute Gasteiger partial charge is 0.249 e. The highest BCUT2D eigenvalue weighted by atomic mass is 35.5. The first-order chi connectivity index (χ1) is 10.6. The average molecular weight is 318 g/mol. The van der Waals surface area contributed by atoms with Gasteiger partial charge in [0.25, 0.3) is 0 Å². The van der Waals surface area contributed by atoms with Crippen LogP contribution in [0.1, 0.15) is 36.2 Å². The predicted octanol–water partition coefficient (Wildman–Crippen LogP) is 3.41. The number of aromatic nitrogens is 2. The number of halogens is 1. The molecule has 0 bridgehead atoms. The van der Waals surface area contributed by atoms with Crippen LogP contribution in [0.5, 0.6) is 0 Å². The second kappa shape index (κ2) is 6.32. The van der Waals surface area contributed by atoms with Crippen LogP contribution in [0.2, 0.25) is 5.02 Å². The summed E-state index contributed by atoms with van der Waals surface area (Å²) in [4.78, 5) is 18.4. The summed E-state index contributed by atoms with van der Waals surface area (Å²) in [6.07, 6.45) is 5.05. The van der Waals surface area contributed by atoms with Gasteiger partial charge >= 0.3 is 0 Å². The van der Waals surface area contributed by atoms with E-state index in [0.29, 0.717) is 23.3 Å². The molecule has 3 rings (SSSR count). The molecule has 1 atom stereocenters. The monoisotopic (exact) mass is 317 g/mol. The Morgan fingerprint density at radius 1 is 1.45 bits per heavy atom. The van der Waals surface area contributed by atoms with Gasteiger partial charge in [-0.1, -0.05) is 35.0 Å². The number of benzene rings is 1. The van der Waals surface area contributed by atoms with Gasteiger partial charge in [0.15, 0.2) is 5.82 Å². The third-order valence-corrected chi connectivity index (χ3v) is 4.02. The number of nitrogens with zero attached hydrogens (tertiary/aromatic N) is 3. The molecule has 1 aliphatic rings. The number of carbonyl (C=O) groups excluding carboxylic acids is 1. The fourth-order valence-corrected chi connectivity index (χ4v) is 2.80.